The van der Waals surface area contributed by atoms with Crippen LogP contribution in [-0.2, 0) is 4.74 Å². The summed E-state index contributed by atoms with van der Waals surface area (Å²) in [6, 6.07) is 21.4. The number of hydrogen-bond donors (Lipinski definition) is 0. The van der Waals surface area contributed by atoms with Crippen molar-refractivity contribution < 1.29 is 4.74 Å². The number of rotatable bonds is 5. The third-order valence-electron chi connectivity index (χ3n) is 2.98. The van der Waals surface area contributed by atoms with Crippen LogP contribution in [0.5, 0.6) is 0 Å². The first-order chi connectivity index (χ1) is 8.86. The van der Waals surface area contributed by atoms with Crippen molar-refractivity contribution in [3.8, 4) is 0 Å². The molecule has 0 aliphatic heterocycles. The van der Waals surface area contributed by atoms with E-state index in [0.717, 1.165) is 6.42 Å². The van der Waals surface area contributed by atoms with Crippen LogP contribution in [0.2, 0.25) is 0 Å². The van der Waals surface area contributed by atoms with Crippen LogP contribution in [0.15, 0.2) is 60.7 Å². The predicted octanol–water partition coefficient (Wildman–Crippen LogP) is 3.50. The Balaban J connectivity index is 2.41. The second-order valence-electron chi connectivity index (χ2n) is 4.14. The van der Waals surface area contributed by atoms with Crippen molar-refractivity contribution in [3.63, 3.8) is 0 Å². The van der Waals surface area contributed by atoms with Gasteiger partial charge in [-0.15, -0.1) is 0 Å². The van der Waals surface area contributed by atoms with Crippen LogP contribution < -0.4 is 10.6 Å². The van der Waals surface area contributed by atoms with Crippen LogP contribution in [0.4, 0.5) is 0 Å². The van der Waals surface area contributed by atoms with Crippen molar-refractivity contribution in [2.45, 2.75) is 19.2 Å². The first-order valence-corrected chi connectivity index (χ1v) is 7.70. The van der Waals surface area contributed by atoms with Crippen molar-refractivity contribution >= 4 is 18.5 Å². The van der Waals surface area contributed by atoms with E-state index in [4.69, 9.17) is 4.74 Å². The second kappa shape index (κ2) is 6.68. The van der Waals surface area contributed by atoms with E-state index in [1.54, 1.807) is 0 Å². The molecule has 0 radical (unpaired) electrons. The lowest BCUT2D eigenvalue weighted by molar-refractivity contribution is 0.167. The fourth-order valence-electron chi connectivity index (χ4n) is 2.11. The zero-order chi connectivity index (χ0) is 12.8. The van der Waals surface area contributed by atoms with Gasteiger partial charge in [-0.05, 0) is 25.0 Å². The van der Waals surface area contributed by atoms with E-state index >= 15 is 0 Å². The zero-order valence-corrected chi connectivity index (χ0v) is 11.8. The molecule has 2 heteroatoms. The van der Waals surface area contributed by atoms with E-state index in [9.17, 15) is 0 Å². The standard InChI is InChI=1S/C16H19OP/c1-3-16(17-2)18(14-10-6-4-7-11-14)15-12-8-5-9-13-15/h4-13,16H,3H2,1-2H3. The normalized spacial score (nSPS) is 12.6. The molecule has 1 atom stereocenters. The van der Waals surface area contributed by atoms with Crippen LogP contribution in [-0.4, -0.2) is 13.0 Å². The molecule has 0 aliphatic carbocycles. The van der Waals surface area contributed by atoms with E-state index in [0.29, 0.717) is 0 Å². The molecule has 0 N–H and O–H groups in total. The lowest BCUT2D eigenvalue weighted by atomic mass is 10.4. The largest absolute Gasteiger partial charge is 0.376 e. The van der Waals surface area contributed by atoms with E-state index in [1.165, 1.54) is 10.6 Å². The minimum absolute atomic E-state index is 0.282. The van der Waals surface area contributed by atoms with Gasteiger partial charge < -0.3 is 4.74 Å². The third-order valence-corrected chi connectivity index (χ3v) is 5.84. The van der Waals surface area contributed by atoms with Gasteiger partial charge in [-0.3, -0.25) is 0 Å². The van der Waals surface area contributed by atoms with E-state index in [1.807, 2.05) is 7.11 Å². The Kier molecular flexibility index (Phi) is 4.92. The van der Waals surface area contributed by atoms with Gasteiger partial charge in [-0.25, -0.2) is 0 Å². The predicted molar refractivity (Wildman–Crippen MR) is 80.2 cm³/mol. The van der Waals surface area contributed by atoms with Crippen LogP contribution >= 0.6 is 7.92 Å². The Hall–Kier alpha value is -1.17. The van der Waals surface area contributed by atoms with Crippen LogP contribution in [0.1, 0.15) is 13.3 Å². The number of hydrogen-bond acceptors (Lipinski definition) is 1. The summed E-state index contributed by atoms with van der Waals surface area (Å²) in [7, 11) is 1.38. The number of ether oxygens (including phenoxy) is 1. The Morgan fingerprint density at radius 2 is 1.33 bits per heavy atom. The molecule has 2 rings (SSSR count). The van der Waals surface area contributed by atoms with Gasteiger partial charge in [0.1, 0.15) is 0 Å². The Morgan fingerprint density at radius 3 is 1.67 bits per heavy atom. The highest BCUT2D eigenvalue weighted by atomic mass is 31.1. The molecule has 94 valence electrons. The van der Waals surface area contributed by atoms with Crippen molar-refractivity contribution in [1.82, 2.24) is 0 Å². The van der Waals surface area contributed by atoms with Crippen LogP contribution in [0, 0.1) is 0 Å². The van der Waals surface area contributed by atoms with Gasteiger partial charge in [0.25, 0.3) is 0 Å². The zero-order valence-electron chi connectivity index (χ0n) is 10.9. The second-order valence-corrected chi connectivity index (χ2v) is 6.49. The van der Waals surface area contributed by atoms with Crippen LogP contribution in [0.25, 0.3) is 0 Å². The van der Waals surface area contributed by atoms with Crippen molar-refractivity contribution in [1.29, 1.82) is 0 Å². The first-order valence-electron chi connectivity index (χ1n) is 6.29. The van der Waals surface area contributed by atoms with Gasteiger partial charge in [0, 0.05) is 7.11 Å². The topological polar surface area (TPSA) is 9.23 Å². The summed E-state index contributed by atoms with van der Waals surface area (Å²) in [4.78, 5) is 0. The molecule has 18 heavy (non-hydrogen) atoms. The number of benzene rings is 2. The number of methoxy groups -OCH3 is 1. The molecular formula is C16H19OP. The van der Waals surface area contributed by atoms with Gasteiger partial charge in [-0.1, -0.05) is 67.6 Å². The van der Waals surface area contributed by atoms with Crippen LogP contribution in [0.3, 0.4) is 0 Å². The summed E-state index contributed by atoms with van der Waals surface area (Å²) in [5.74, 6) is 0.282. The molecule has 0 aliphatic rings. The Morgan fingerprint density at radius 1 is 0.889 bits per heavy atom. The summed E-state index contributed by atoms with van der Waals surface area (Å²) in [5, 5.41) is 2.76. The summed E-state index contributed by atoms with van der Waals surface area (Å²) >= 11 is 0. The molecule has 0 aromatic heterocycles. The fourth-order valence-corrected chi connectivity index (χ4v) is 4.64. The monoisotopic (exact) mass is 258 g/mol. The van der Waals surface area contributed by atoms with Gasteiger partial charge in [0.05, 0.1) is 5.85 Å². The maximum atomic E-state index is 5.70. The molecular weight excluding hydrogens is 239 g/mol. The minimum Gasteiger partial charge on any atom is -0.376 e. The molecule has 1 unspecified atom stereocenters. The molecule has 0 amide bonds. The highest BCUT2D eigenvalue weighted by Gasteiger charge is 2.22. The smallest absolute Gasteiger partial charge is 0.0842 e. The maximum absolute atomic E-state index is 5.70. The minimum atomic E-state index is -0.437. The molecule has 0 heterocycles. The lowest BCUT2D eigenvalue weighted by Gasteiger charge is -2.26. The van der Waals surface area contributed by atoms with Gasteiger partial charge in [0.2, 0.25) is 0 Å². The van der Waals surface area contributed by atoms with Crippen molar-refractivity contribution in [3.05, 3.63) is 60.7 Å². The molecule has 0 spiro atoms. The average molecular weight is 258 g/mol. The van der Waals surface area contributed by atoms with Gasteiger partial charge in [0.15, 0.2) is 0 Å². The third kappa shape index (κ3) is 2.98. The van der Waals surface area contributed by atoms with E-state index in [2.05, 4.69) is 67.6 Å². The molecule has 0 saturated carbocycles. The molecule has 2 aromatic carbocycles. The summed E-state index contributed by atoms with van der Waals surface area (Å²) < 4.78 is 5.70. The van der Waals surface area contributed by atoms with Crippen molar-refractivity contribution in [2.24, 2.45) is 0 Å². The lowest BCUT2D eigenvalue weighted by Crippen LogP contribution is -2.22. The molecule has 0 fully saturated rings. The van der Waals surface area contributed by atoms with Crippen molar-refractivity contribution in [2.75, 3.05) is 7.11 Å². The summed E-state index contributed by atoms with van der Waals surface area (Å²) in [6.45, 7) is 2.19. The summed E-state index contributed by atoms with van der Waals surface area (Å²) in [5.41, 5.74) is 0. The Labute approximate surface area is 111 Å². The molecule has 0 saturated heterocycles. The SMILES string of the molecule is CCC(OC)P(c1ccccc1)c1ccccc1. The average Bonchev–Trinajstić information content (AvgIpc) is 2.46. The highest BCUT2D eigenvalue weighted by Crippen LogP contribution is 2.41. The fraction of sp³-hybridized carbons (Fsp3) is 0.250. The Bertz CT molecular complexity index is 412. The van der Waals surface area contributed by atoms with E-state index in [-0.39, 0.29) is 5.85 Å². The molecule has 1 nitrogen and oxygen atoms in total. The van der Waals surface area contributed by atoms with E-state index < -0.39 is 7.92 Å². The maximum Gasteiger partial charge on any atom is 0.0842 e. The highest BCUT2D eigenvalue weighted by molar-refractivity contribution is 7.73. The molecule has 0 bridgehead atoms. The molecule has 2 aromatic rings. The van der Waals surface area contributed by atoms with Gasteiger partial charge >= 0.3 is 0 Å². The quantitative estimate of drug-likeness (QED) is 0.746. The van der Waals surface area contributed by atoms with Gasteiger partial charge in [-0.2, -0.15) is 0 Å². The summed E-state index contributed by atoms with van der Waals surface area (Å²) in [6.07, 6.45) is 1.03. The first kappa shape index (κ1) is 13.3.